The number of carbonyl (C=O) groups is 1. The van der Waals surface area contributed by atoms with Gasteiger partial charge >= 0.3 is 0 Å². The van der Waals surface area contributed by atoms with Crippen LogP contribution in [0.3, 0.4) is 0 Å². The summed E-state index contributed by atoms with van der Waals surface area (Å²) < 4.78 is 32.6. The van der Waals surface area contributed by atoms with Crippen molar-refractivity contribution in [1.82, 2.24) is 4.31 Å². The molecule has 7 heteroatoms. The van der Waals surface area contributed by atoms with Crippen LogP contribution in [0.2, 0.25) is 0 Å². The zero-order chi connectivity index (χ0) is 20.0. The van der Waals surface area contributed by atoms with Gasteiger partial charge in [-0.15, -0.1) is 0 Å². The Morgan fingerprint density at radius 2 is 1.79 bits per heavy atom. The number of piperidine rings is 1. The van der Waals surface area contributed by atoms with Crippen LogP contribution in [0.5, 0.6) is 5.75 Å². The van der Waals surface area contributed by atoms with Crippen molar-refractivity contribution >= 4 is 27.7 Å². The van der Waals surface area contributed by atoms with E-state index >= 15 is 0 Å². The second kappa shape index (κ2) is 9.03. The zero-order valence-corrected chi connectivity index (χ0v) is 16.6. The van der Waals surface area contributed by atoms with Gasteiger partial charge in [0.15, 0.2) is 0 Å². The number of carbonyl (C=O) groups excluding carboxylic acids is 1. The molecular formula is C21H24N2O4S. The number of nitrogens with one attached hydrogen (secondary N) is 1. The molecule has 0 saturated carbocycles. The van der Waals surface area contributed by atoms with Crippen molar-refractivity contribution in [2.24, 2.45) is 0 Å². The van der Waals surface area contributed by atoms with Gasteiger partial charge in [-0.05, 0) is 42.7 Å². The van der Waals surface area contributed by atoms with E-state index in [9.17, 15) is 13.2 Å². The summed E-state index contributed by atoms with van der Waals surface area (Å²) in [4.78, 5) is 12.5. The van der Waals surface area contributed by atoms with Crippen molar-refractivity contribution in [3.05, 3.63) is 60.2 Å². The third-order valence-electron chi connectivity index (χ3n) is 4.61. The highest BCUT2D eigenvalue weighted by molar-refractivity contribution is 7.89. The topological polar surface area (TPSA) is 75.7 Å². The van der Waals surface area contributed by atoms with Gasteiger partial charge in [-0.25, -0.2) is 8.42 Å². The summed E-state index contributed by atoms with van der Waals surface area (Å²) in [6.07, 6.45) is 5.87. The summed E-state index contributed by atoms with van der Waals surface area (Å²) in [5, 5.41) is 2.71. The summed E-state index contributed by atoms with van der Waals surface area (Å²) in [5.41, 5.74) is 1.22. The average molecular weight is 400 g/mol. The lowest BCUT2D eigenvalue weighted by Gasteiger charge is -2.26. The summed E-state index contributed by atoms with van der Waals surface area (Å²) >= 11 is 0. The molecule has 28 heavy (non-hydrogen) atoms. The first-order chi connectivity index (χ1) is 13.5. The molecule has 1 aliphatic heterocycles. The monoisotopic (exact) mass is 400 g/mol. The number of amides is 1. The molecule has 1 amide bonds. The summed E-state index contributed by atoms with van der Waals surface area (Å²) in [5.74, 6) is 0.0359. The number of hydrogen-bond acceptors (Lipinski definition) is 4. The van der Waals surface area contributed by atoms with Crippen molar-refractivity contribution in [3.63, 3.8) is 0 Å². The number of sulfonamides is 1. The molecule has 2 aromatic rings. The maximum atomic E-state index is 12.9. The molecule has 1 fully saturated rings. The Morgan fingerprint density at radius 1 is 1.07 bits per heavy atom. The first-order valence-electron chi connectivity index (χ1n) is 9.23. The van der Waals surface area contributed by atoms with Crippen LogP contribution in [0.1, 0.15) is 24.8 Å². The minimum absolute atomic E-state index is 0.150. The largest absolute Gasteiger partial charge is 0.495 e. The maximum Gasteiger partial charge on any atom is 0.248 e. The highest BCUT2D eigenvalue weighted by atomic mass is 32.2. The second-order valence-electron chi connectivity index (χ2n) is 6.56. The molecule has 1 heterocycles. The van der Waals surface area contributed by atoms with E-state index in [0.29, 0.717) is 24.5 Å². The fourth-order valence-electron chi connectivity index (χ4n) is 3.11. The van der Waals surface area contributed by atoms with Gasteiger partial charge in [0.1, 0.15) is 5.75 Å². The van der Waals surface area contributed by atoms with E-state index in [1.807, 2.05) is 30.3 Å². The molecule has 1 saturated heterocycles. The van der Waals surface area contributed by atoms with E-state index in [2.05, 4.69) is 5.32 Å². The molecule has 0 aromatic heterocycles. The van der Waals surface area contributed by atoms with Crippen molar-refractivity contribution in [2.45, 2.75) is 24.2 Å². The summed E-state index contributed by atoms with van der Waals surface area (Å²) in [6, 6.07) is 14.0. The van der Waals surface area contributed by atoms with Crippen LogP contribution in [0.25, 0.3) is 6.08 Å². The minimum Gasteiger partial charge on any atom is -0.495 e. The number of anilines is 1. The molecule has 0 atom stereocenters. The number of ether oxygens (including phenoxy) is 1. The predicted molar refractivity (Wildman–Crippen MR) is 110 cm³/mol. The van der Waals surface area contributed by atoms with E-state index in [-0.39, 0.29) is 10.8 Å². The van der Waals surface area contributed by atoms with Crippen LogP contribution in [-0.2, 0) is 14.8 Å². The molecule has 0 bridgehead atoms. The van der Waals surface area contributed by atoms with Crippen LogP contribution in [0, 0.1) is 0 Å². The Balaban J connectivity index is 1.81. The van der Waals surface area contributed by atoms with Gasteiger partial charge in [0.2, 0.25) is 15.9 Å². The number of hydrogen-bond donors (Lipinski definition) is 1. The highest BCUT2D eigenvalue weighted by Gasteiger charge is 2.26. The van der Waals surface area contributed by atoms with E-state index in [0.717, 1.165) is 24.8 Å². The van der Waals surface area contributed by atoms with Crippen LogP contribution >= 0.6 is 0 Å². The third-order valence-corrected chi connectivity index (χ3v) is 6.50. The normalized spacial score (nSPS) is 15.5. The molecule has 148 valence electrons. The SMILES string of the molecule is COc1ccc(S(=O)(=O)N2CCCCC2)cc1NC(=O)C=Cc1ccccc1. The van der Waals surface area contributed by atoms with Crippen molar-refractivity contribution in [3.8, 4) is 5.75 Å². The predicted octanol–water partition coefficient (Wildman–Crippen LogP) is 3.52. The van der Waals surface area contributed by atoms with Crippen molar-refractivity contribution in [2.75, 3.05) is 25.5 Å². The Labute approximate surface area is 165 Å². The summed E-state index contributed by atoms with van der Waals surface area (Å²) in [6.45, 7) is 1.05. The molecule has 6 nitrogen and oxygen atoms in total. The molecule has 0 radical (unpaired) electrons. The Morgan fingerprint density at radius 3 is 2.46 bits per heavy atom. The standard InChI is InChI=1S/C21H24N2O4S/c1-27-20-12-11-18(28(25,26)23-14-6-3-7-15-23)16-19(20)22-21(24)13-10-17-8-4-2-5-9-17/h2,4-5,8-13,16H,3,6-7,14-15H2,1H3,(H,22,24). The van der Waals surface area contributed by atoms with Gasteiger partial charge in [-0.3, -0.25) is 4.79 Å². The number of methoxy groups -OCH3 is 1. The smallest absolute Gasteiger partial charge is 0.248 e. The summed E-state index contributed by atoms with van der Waals surface area (Å²) in [7, 11) is -2.12. The fraction of sp³-hybridized carbons (Fsp3) is 0.286. The number of benzene rings is 2. The third kappa shape index (κ3) is 4.79. The maximum absolute atomic E-state index is 12.9. The highest BCUT2D eigenvalue weighted by Crippen LogP contribution is 2.30. The van der Waals surface area contributed by atoms with Crippen LogP contribution in [0.4, 0.5) is 5.69 Å². The van der Waals surface area contributed by atoms with E-state index < -0.39 is 10.0 Å². The lowest BCUT2D eigenvalue weighted by atomic mass is 10.2. The Hall–Kier alpha value is -2.64. The molecule has 1 aliphatic rings. The van der Waals surface area contributed by atoms with Crippen LogP contribution in [0.15, 0.2) is 59.5 Å². The zero-order valence-electron chi connectivity index (χ0n) is 15.8. The molecular weight excluding hydrogens is 376 g/mol. The van der Waals surface area contributed by atoms with E-state index in [4.69, 9.17) is 4.74 Å². The van der Waals surface area contributed by atoms with Crippen molar-refractivity contribution < 1.29 is 17.9 Å². The lowest BCUT2D eigenvalue weighted by Crippen LogP contribution is -2.35. The molecule has 0 spiro atoms. The number of nitrogens with zero attached hydrogens (tertiary/aromatic N) is 1. The van der Waals surface area contributed by atoms with Gasteiger partial charge in [0.25, 0.3) is 0 Å². The van der Waals surface area contributed by atoms with Gasteiger partial charge in [0.05, 0.1) is 17.7 Å². The van der Waals surface area contributed by atoms with Gasteiger partial charge < -0.3 is 10.1 Å². The molecule has 0 aliphatic carbocycles. The first kappa shape index (κ1) is 20.1. The van der Waals surface area contributed by atoms with E-state index in [1.54, 1.807) is 12.1 Å². The Kier molecular flexibility index (Phi) is 6.49. The number of rotatable bonds is 6. The van der Waals surface area contributed by atoms with Crippen LogP contribution in [-0.4, -0.2) is 38.8 Å². The molecule has 1 N–H and O–H groups in total. The lowest BCUT2D eigenvalue weighted by molar-refractivity contribution is -0.111. The van der Waals surface area contributed by atoms with Gasteiger partial charge in [-0.1, -0.05) is 36.8 Å². The Bertz CT molecular complexity index is 950. The quantitative estimate of drug-likeness (QED) is 0.753. The van der Waals surface area contributed by atoms with E-state index in [1.165, 1.54) is 29.6 Å². The van der Waals surface area contributed by atoms with Gasteiger partial charge in [-0.2, -0.15) is 4.31 Å². The molecule has 3 rings (SSSR count). The fourth-order valence-corrected chi connectivity index (χ4v) is 4.65. The molecule has 2 aromatic carbocycles. The van der Waals surface area contributed by atoms with Gasteiger partial charge in [0, 0.05) is 19.2 Å². The molecule has 0 unspecified atom stereocenters. The van der Waals surface area contributed by atoms with Crippen LogP contribution < -0.4 is 10.1 Å². The second-order valence-corrected chi connectivity index (χ2v) is 8.50. The minimum atomic E-state index is -3.59. The van der Waals surface area contributed by atoms with Crippen molar-refractivity contribution in [1.29, 1.82) is 0 Å². The first-order valence-corrected chi connectivity index (χ1v) is 10.7. The average Bonchev–Trinajstić information content (AvgIpc) is 2.73.